The van der Waals surface area contributed by atoms with Crippen molar-refractivity contribution in [3.05, 3.63) is 130 Å². The second-order valence-electron chi connectivity index (χ2n) is 9.14. The summed E-state index contributed by atoms with van der Waals surface area (Å²) in [6.45, 7) is 13.2. The van der Waals surface area contributed by atoms with E-state index in [-0.39, 0.29) is 11.6 Å². The van der Waals surface area contributed by atoms with Crippen LogP contribution in [-0.4, -0.2) is 5.11 Å². The molecule has 3 rings (SSSR count). The summed E-state index contributed by atoms with van der Waals surface area (Å²) in [5.74, 6) is -0.138. The number of aliphatic hydroxyl groups excluding tert-OH is 1. The highest BCUT2D eigenvalue weighted by Crippen LogP contribution is 2.30. The SMILES string of the molecule is C=C(O)c1cccc(C/C(C)=C\C=C(/C)c2cc(F)ccc2C)c1.CCc1ccc(C(F)(F)F)cc1C. The molecule has 0 amide bonds. The summed E-state index contributed by atoms with van der Waals surface area (Å²) in [7, 11) is 0. The van der Waals surface area contributed by atoms with Crippen LogP contribution in [0.15, 0.2) is 85.0 Å². The Hall–Kier alpha value is -3.60. The molecule has 3 aromatic rings. The maximum atomic E-state index is 13.4. The van der Waals surface area contributed by atoms with Crippen molar-refractivity contribution >= 4 is 11.3 Å². The highest BCUT2D eigenvalue weighted by Gasteiger charge is 2.30. The molecular weight excluding hydrogens is 476 g/mol. The number of benzene rings is 3. The van der Waals surface area contributed by atoms with Gasteiger partial charge in [0, 0.05) is 5.56 Å². The third kappa shape index (κ3) is 9.09. The first kappa shape index (κ1) is 29.6. The zero-order chi connectivity index (χ0) is 27.8. The van der Waals surface area contributed by atoms with Crippen molar-refractivity contribution in [2.24, 2.45) is 0 Å². The lowest BCUT2D eigenvalue weighted by Crippen LogP contribution is -2.05. The number of alkyl halides is 3. The lowest BCUT2D eigenvalue weighted by Gasteiger charge is -2.09. The van der Waals surface area contributed by atoms with Gasteiger partial charge in [-0.2, -0.15) is 13.2 Å². The number of aliphatic hydroxyl groups is 1. The fourth-order valence-electron chi connectivity index (χ4n) is 3.89. The van der Waals surface area contributed by atoms with Crippen molar-refractivity contribution in [1.29, 1.82) is 0 Å². The van der Waals surface area contributed by atoms with E-state index in [0.717, 1.165) is 52.3 Å². The van der Waals surface area contributed by atoms with E-state index in [2.05, 4.69) is 19.6 Å². The molecule has 0 spiro atoms. The predicted octanol–water partition coefficient (Wildman–Crippen LogP) is 9.83. The maximum Gasteiger partial charge on any atom is 0.416 e. The van der Waals surface area contributed by atoms with Crippen molar-refractivity contribution in [1.82, 2.24) is 0 Å². The summed E-state index contributed by atoms with van der Waals surface area (Å²) >= 11 is 0. The molecule has 5 heteroatoms. The molecule has 37 heavy (non-hydrogen) atoms. The summed E-state index contributed by atoms with van der Waals surface area (Å²) in [6, 6.07) is 16.4. The van der Waals surface area contributed by atoms with Crippen LogP contribution in [0.3, 0.4) is 0 Å². The van der Waals surface area contributed by atoms with Crippen molar-refractivity contribution in [2.45, 2.75) is 53.6 Å². The van der Waals surface area contributed by atoms with Gasteiger partial charge in [-0.3, -0.25) is 0 Å². The molecule has 0 saturated heterocycles. The molecule has 0 aliphatic carbocycles. The summed E-state index contributed by atoms with van der Waals surface area (Å²) in [6.07, 6.45) is 1.40. The average Bonchev–Trinajstić information content (AvgIpc) is 2.84. The summed E-state index contributed by atoms with van der Waals surface area (Å²) in [5.41, 5.74) is 7.16. The highest BCUT2D eigenvalue weighted by atomic mass is 19.4. The molecule has 0 aliphatic rings. The van der Waals surface area contributed by atoms with E-state index in [1.54, 1.807) is 19.1 Å². The maximum absolute atomic E-state index is 13.4. The normalized spacial score (nSPS) is 12.1. The van der Waals surface area contributed by atoms with Gasteiger partial charge in [0.05, 0.1) is 5.56 Å². The van der Waals surface area contributed by atoms with Gasteiger partial charge in [0.15, 0.2) is 0 Å². The van der Waals surface area contributed by atoms with Gasteiger partial charge in [-0.1, -0.05) is 61.6 Å². The number of halogens is 4. The van der Waals surface area contributed by atoms with Crippen molar-refractivity contribution in [2.75, 3.05) is 0 Å². The first-order valence-electron chi connectivity index (χ1n) is 12.1. The number of rotatable bonds is 6. The van der Waals surface area contributed by atoms with Crippen LogP contribution in [-0.2, 0) is 19.0 Å². The van der Waals surface area contributed by atoms with Gasteiger partial charge in [0.1, 0.15) is 11.6 Å². The van der Waals surface area contributed by atoms with E-state index in [1.165, 1.54) is 23.8 Å². The lowest BCUT2D eigenvalue weighted by atomic mass is 9.99. The lowest BCUT2D eigenvalue weighted by molar-refractivity contribution is -0.137. The van der Waals surface area contributed by atoms with E-state index in [1.807, 2.05) is 51.1 Å². The molecule has 0 saturated carbocycles. The fourth-order valence-corrected chi connectivity index (χ4v) is 3.89. The largest absolute Gasteiger partial charge is 0.508 e. The molecule has 1 N–H and O–H groups in total. The number of hydrogen-bond donors (Lipinski definition) is 1. The second kappa shape index (κ2) is 13.1. The predicted molar refractivity (Wildman–Crippen MR) is 146 cm³/mol. The molecule has 0 aromatic heterocycles. The minimum Gasteiger partial charge on any atom is -0.508 e. The average molecular weight is 511 g/mol. The van der Waals surface area contributed by atoms with Gasteiger partial charge in [-0.15, -0.1) is 0 Å². The Balaban J connectivity index is 0.000000312. The molecule has 0 fully saturated rings. The van der Waals surface area contributed by atoms with Crippen LogP contribution in [0.4, 0.5) is 17.6 Å². The van der Waals surface area contributed by atoms with E-state index >= 15 is 0 Å². The quantitative estimate of drug-likeness (QED) is 0.199. The van der Waals surface area contributed by atoms with Gasteiger partial charge in [-0.05, 0) is 104 Å². The Morgan fingerprint density at radius 1 is 0.919 bits per heavy atom. The Morgan fingerprint density at radius 2 is 1.62 bits per heavy atom. The first-order chi connectivity index (χ1) is 17.3. The minimum atomic E-state index is -4.23. The van der Waals surface area contributed by atoms with Crippen LogP contribution in [0.5, 0.6) is 0 Å². The van der Waals surface area contributed by atoms with Crippen LogP contribution < -0.4 is 0 Å². The van der Waals surface area contributed by atoms with Crippen LogP contribution in [0, 0.1) is 19.7 Å². The van der Waals surface area contributed by atoms with Crippen LogP contribution in [0.25, 0.3) is 11.3 Å². The second-order valence-corrected chi connectivity index (χ2v) is 9.14. The molecule has 196 valence electrons. The number of hydrogen-bond acceptors (Lipinski definition) is 1. The van der Waals surface area contributed by atoms with E-state index in [9.17, 15) is 22.7 Å². The minimum absolute atomic E-state index is 0.0794. The van der Waals surface area contributed by atoms with Crippen molar-refractivity contribution in [3.8, 4) is 0 Å². The Labute approximate surface area is 217 Å². The number of aryl methyl sites for hydroxylation is 3. The Morgan fingerprint density at radius 3 is 2.22 bits per heavy atom. The van der Waals surface area contributed by atoms with E-state index in [4.69, 9.17) is 0 Å². The van der Waals surface area contributed by atoms with Gasteiger partial charge in [-0.25, -0.2) is 4.39 Å². The molecule has 0 heterocycles. The zero-order valence-corrected chi connectivity index (χ0v) is 22.0. The standard InChI is InChI=1S/C22H23FO.C10H11F3/c1-15(12-19-6-5-7-20(13-19)18(4)24)8-9-16(2)22-14-21(23)11-10-17(22)3;1-3-8-4-5-9(6-7(8)2)10(11,12)13/h5-11,13-14,24H,4,12H2,1-3H3;4-6H,3H2,1-2H3/b15-8-,16-9+;. The zero-order valence-electron chi connectivity index (χ0n) is 22.0. The molecule has 1 nitrogen and oxygen atoms in total. The van der Waals surface area contributed by atoms with Gasteiger partial charge in [0.25, 0.3) is 0 Å². The van der Waals surface area contributed by atoms with Crippen LogP contribution >= 0.6 is 0 Å². The summed E-state index contributed by atoms with van der Waals surface area (Å²) in [4.78, 5) is 0. The molecule has 0 aliphatic heterocycles. The van der Waals surface area contributed by atoms with Gasteiger partial charge in [0.2, 0.25) is 0 Å². The summed E-state index contributed by atoms with van der Waals surface area (Å²) < 4.78 is 50.0. The Kier molecular flexibility index (Phi) is 10.5. The number of allylic oxidation sites excluding steroid dienone is 4. The Bertz CT molecular complexity index is 1300. The molecule has 0 unspecified atom stereocenters. The molecule has 0 atom stereocenters. The molecule has 3 aromatic carbocycles. The van der Waals surface area contributed by atoms with Crippen molar-refractivity contribution < 1.29 is 22.7 Å². The van der Waals surface area contributed by atoms with Gasteiger partial charge < -0.3 is 5.11 Å². The molecule has 0 bridgehead atoms. The van der Waals surface area contributed by atoms with E-state index in [0.29, 0.717) is 5.56 Å². The first-order valence-corrected chi connectivity index (χ1v) is 12.1. The highest BCUT2D eigenvalue weighted by molar-refractivity contribution is 5.68. The molecule has 0 radical (unpaired) electrons. The van der Waals surface area contributed by atoms with Crippen LogP contribution in [0.1, 0.15) is 59.7 Å². The van der Waals surface area contributed by atoms with Gasteiger partial charge >= 0.3 is 6.18 Å². The topological polar surface area (TPSA) is 20.2 Å². The monoisotopic (exact) mass is 510 g/mol. The fraction of sp³-hybridized carbons (Fsp3) is 0.250. The summed E-state index contributed by atoms with van der Waals surface area (Å²) in [5, 5.41) is 9.48. The third-order valence-corrected chi connectivity index (χ3v) is 6.04. The van der Waals surface area contributed by atoms with Crippen molar-refractivity contribution in [3.63, 3.8) is 0 Å². The molecular formula is C32H34F4O. The smallest absolute Gasteiger partial charge is 0.416 e. The third-order valence-electron chi connectivity index (χ3n) is 6.04. The van der Waals surface area contributed by atoms with E-state index < -0.39 is 11.7 Å². The van der Waals surface area contributed by atoms with Crippen LogP contribution in [0.2, 0.25) is 0 Å².